The third-order valence-corrected chi connectivity index (χ3v) is 2.90. The van der Waals surface area contributed by atoms with Gasteiger partial charge in [-0.05, 0) is 30.2 Å². The minimum Gasteiger partial charge on any atom is -0.478 e. The molecule has 1 heterocycles. The second kappa shape index (κ2) is 4.55. The number of carboxylic acid groups (broad SMARTS) is 1. The lowest BCUT2D eigenvalue weighted by Crippen LogP contribution is -1.97. The Labute approximate surface area is 104 Å². The lowest BCUT2D eigenvalue weighted by Gasteiger charge is -2.04. The summed E-state index contributed by atoms with van der Waals surface area (Å²) in [5, 5.41) is 9.54. The van der Waals surface area contributed by atoms with E-state index in [1.165, 1.54) is 6.20 Å². The highest BCUT2D eigenvalue weighted by Gasteiger charge is 2.06. The molecule has 2 rings (SSSR count). The van der Waals surface area contributed by atoms with E-state index in [1.807, 2.05) is 19.1 Å². The summed E-state index contributed by atoms with van der Waals surface area (Å²) in [7, 11) is 0. The highest BCUT2D eigenvalue weighted by Crippen LogP contribution is 2.25. The Kier molecular flexibility index (Phi) is 3.11. The van der Waals surface area contributed by atoms with E-state index < -0.39 is 5.97 Å². The van der Waals surface area contributed by atoms with Gasteiger partial charge < -0.3 is 5.11 Å². The van der Waals surface area contributed by atoms with E-state index in [1.54, 1.807) is 18.3 Å². The number of aryl methyl sites for hydroxylation is 1. The Bertz CT molecular complexity index is 581. The fourth-order valence-corrected chi connectivity index (χ4v) is 1.67. The molecule has 0 aliphatic rings. The minimum absolute atomic E-state index is 0.166. The first-order chi connectivity index (χ1) is 8.08. The number of aromatic nitrogens is 1. The quantitative estimate of drug-likeness (QED) is 0.885. The molecule has 86 valence electrons. The van der Waals surface area contributed by atoms with E-state index in [2.05, 4.69) is 4.98 Å². The molecule has 0 unspecified atom stereocenters. The molecule has 0 aliphatic carbocycles. The molecule has 17 heavy (non-hydrogen) atoms. The SMILES string of the molecule is Cc1ccc(-c2cncc(C(=O)O)c2)cc1Cl. The molecule has 0 aliphatic heterocycles. The van der Waals surface area contributed by atoms with Gasteiger partial charge in [0.15, 0.2) is 0 Å². The van der Waals surface area contributed by atoms with Gasteiger partial charge in [0, 0.05) is 23.0 Å². The van der Waals surface area contributed by atoms with Crippen LogP contribution in [0.1, 0.15) is 15.9 Å². The van der Waals surface area contributed by atoms with Crippen molar-refractivity contribution in [3.05, 3.63) is 52.8 Å². The van der Waals surface area contributed by atoms with Crippen LogP contribution < -0.4 is 0 Å². The Morgan fingerprint density at radius 3 is 2.65 bits per heavy atom. The maximum absolute atomic E-state index is 10.8. The zero-order chi connectivity index (χ0) is 12.4. The zero-order valence-corrected chi connectivity index (χ0v) is 9.90. The van der Waals surface area contributed by atoms with Crippen LogP contribution in [0.25, 0.3) is 11.1 Å². The van der Waals surface area contributed by atoms with Crippen LogP contribution in [0, 0.1) is 6.92 Å². The van der Waals surface area contributed by atoms with Gasteiger partial charge in [0.1, 0.15) is 0 Å². The van der Waals surface area contributed by atoms with Crippen LogP contribution >= 0.6 is 11.6 Å². The predicted molar refractivity (Wildman–Crippen MR) is 66.4 cm³/mol. The van der Waals surface area contributed by atoms with Crippen LogP contribution in [0.15, 0.2) is 36.7 Å². The summed E-state index contributed by atoms with van der Waals surface area (Å²) < 4.78 is 0. The number of pyridine rings is 1. The average Bonchev–Trinajstić information content (AvgIpc) is 2.33. The number of nitrogens with zero attached hydrogens (tertiary/aromatic N) is 1. The monoisotopic (exact) mass is 247 g/mol. The number of benzene rings is 1. The van der Waals surface area contributed by atoms with Crippen molar-refractivity contribution in [1.82, 2.24) is 4.98 Å². The molecule has 1 aromatic heterocycles. The Morgan fingerprint density at radius 1 is 1.24 bits per heavy atom. The third kappa shape index (κ3) is 2.45. The summed E-state index contributed by atoms with van der Waals surface area (Å²) in [6.07, 6.45) is 2.94. The van der Waals surface area contributed by atoms with Crippen LogP contribution in [-0.4, -0.2) is 16.1 Å². The van der Waals surface area contributed by atoms with E-state index in [0.717, 1.165) is 16.7 Å². The summed E-state index contributed by atoms with van der Waals surface area (Å²) in [6.45, 7) is 1.91. The van der Waals surface area contributed by atoms with E-state index in [4.69, 9.17) is 16.7 Å². The van der Waals surface area contributed by atoms with Gasteiger partial charge in [-0.25, -0.2) is 4.79 Å². The lowest BCUT2D eigenvalue weighted by atomic mass is 10.0. The molecular formula is C13H10ClNO2. The van der Waals surface area contributed by atoms with Crippen molar-refractivity contribution in [3.8, 4) is 11.1 Å². The van der Waals surface area contributed by atoms with E-state index in [9.17, 15) is 4.79 Å². The molecule has 4 heteroatoms. The van der Waals surface area contributed by atoms with Crippen molar-refractivity contribution in [2.24, 2.45) is 0 Å². The molecule has 2 aromatic rings. The lowest BCUT2D eigenvalue weighted by molar-refractivity contribution is 0.0696. The van der Waals surface area contributed by atoms with Gasteiger partial charge in [0.25, 0.3) is 0 Å². The fourth-order valence-electron chi connectivity index (χ4n) is 1.49. The molecule has 1 aromatic carbocycles. The first-order valence-corrected chi connectivity index (χ1v) is 5.40. The van der Waals surface area contributed by atoms with E-state index in [0.29, 0.717) is 5.02 Å². The first kappa shape index (κ1) is 11.6. The highest BCUT2D eigenvalue weighted by molar-refractivity contribution is 6.31. The van der Waals surface area contributed by atoms with E-state index >= 15 is 0 Å². The summed E-state index contributed by atoms with van der Waals surface area (Å²) in [4.78, 5) is 14.7. The number of hydrogen-bond acceptors (Lipinski definition) is 2. The maximum atomic E-state index is 10.8. The molecule has 0 amide bonds. The number of carboxylic acids is 1. The summed E-state index contributed by atoms with van der Waals surface area (Å²) in [6, 6.07) is 7.17. The Hall–Kier alpha value is -1.87. The second-order valence-corrected chi connectivity index (χ2v) is 4.14. The van der Waals surface area contributed by atoms with Gasteiger partial charge in [0.05, 0.1) is 5.56 Å². The van der Waals surface area contributed by atoms with Gasteiger partial charge in [-0.15, -0.1) is 0 Å². The molecule has 0 atom stereocenters. The van der Waals surface area contributed by atoms with E-state index in [-0.39, 0.29) is 5.56 Å². The van der Waals surface area contributed by atoms with Crippen LogP contribution in [-0.2, 0) is 0 Å². The third-order valence-electron chi connectivity index (χ3n) is 2.49. The van der Waals surface area contributed by atoms with Gasteiger partial charge in [-0.1, -0.05) is 23.7 Å². The fraction of sp³-hybridized carbons (Fsp3) is 0.0769. The van der Waals surface area contributed by atoms with Crippen LogP contribution in [0.3, 0.4) is 0 Å². The van der Waals surface area contributed by atoms with Crippen molar-refractivity contribution in [3.63, 3.8) is 0 Å². The topological polar surface area (TPSA) is 50.2 Å². The number of carbonyl (C=O) groups is 1. The molecule has 0 fully saturated rings. The van der Waals surface area contributed by atoms with Gasteiger partial charge in [-0.3, -0.25) is 4.98 Å². The molecule has 0 bridgehead atoms. The predicted octanol–water partition coefficient (Wildman–Crippen LogP) is 3.41. The second-order valence-electron chi connectivity index (χ2n) is 3.73. The van der Waals surface area contributed by atoms with Gasteiger partial charge in [-0.2, -0.15) is 0 Å². The largest absolute Gasteiger partial charge is 0.478 e. The summed E-state index contributed by atoms with van der Waals surface area (Å²) in [5.74, 6) is -0.988. The number of hydrogen-bond donors (Lipinski definition) is 1. The smallest absolute Gasteiger partial charge is 0.337 e. The molecule has 0 radical (unpaired) electrons. The van der Waals surface area contributed by atoms with Crippen molar-refractivity contribution >= 4 is 17.6 Å². The van der Waals surface area contributed by atoms with Crippen molar-refractivity contribution in [1.29, 1.82) is 0 Å². The van der Waals surface area contributed by atoms with Gasteiger partial charge in [0.2, 0.25) is 0 Å². The van der Waals surface area contributed by atoms with Crippen molar-refractivity contribution < 1.29 is 9.90 Å². The first-order valence-electron chi connectivity index (χ1n) is 5.03. The average molecular weight is 248 g/mol. The van der Waals surface area contributed by atoms with Crippen LogP contribution in [0.4, 0.5) is 0 Å². The Balaban J connectivity index is 2.49. The van der Waals surface area contributed by atoms with Gasteiger partial charge >= 0.3 is 5.97 Å². The molecule has 0 saturated carbocycles. The normalized spacial score (nSPS) is 10.2. The zero-order valence-electron chi connectivity index (χ0n) is 9.14. The summed E-state index contributed by atoms with van der Waals surface area (Å²) in [5.41, 5.74) is 2.75. The van der Waals surface area contributed by atoms with Crippen molar-refractivity contribution in [2.75, 3.05) is 0 Å². The maximum Gasteiger partial charge on any atom is 0.337 e. The Morgan fingerprint density at radius 2 is 2.00 bits per heavy atom. The molecule has 0 spiro atoms. The van der Waals surface area contributed by atoms with Crippen LogP contribution in [0.5, 0.6) is 0 Å². The number of rotatable bonds is 2. The summed E-state index contributed by atoms with van der Waals surface area (Å²) >= 11 is 6.03. The molecule has 3 nitrogen and oxygen atoms in total. The number of aromatic carboxylic acids is 1. The number of halogens is 1. The minimum atomic E-state index is -0.988. The van der Waals surface area contributed by atoms with Crippen LogP contribution in [0.2, 0.25) is 5.02 Å². The standard InChI is InChI=1S/C13H10ClNO2/c1-8-2-3-9(5-12(8)14)10-4-11(13(16)17)7-15-6-10/h2-7H,1H3,(H,16,17). The highest BCUT2D eigenvalue weighted by atomic mass is 35.5. The molecule has 0 saturated heterocycles. The molecule has 1 N–H and O–H groups in total. The van der Waals surface area contributed by atoms with Crippen molar-refractivity contribution in [2.45, 2.75) is 6.92 Å². The molecular weight excluding hydrogens is 238 g/mol.